The van der Waals surface area contributed by atoms with Crippen LogP contribution in [0.2, 0.25) is 10.0 Å². The Labute approximate surface area is 301 Å². The SMILES string of the molecule is COC(=O)CCNCc1cc(-c2cc(Cl)ccc2Oc2cc(F)c(S(=O)(=O)N(Cc3ccc(OC)cc3OC)c3ncns3)cc2Cl)ccn1. The number of nitrogens with zero attached hydrogens (tertiary/aromatic N) is 4. The lowest BCUT2D eigenvalue weighted by atomic mass is 10.0. The average molecular weight is 763 g/mol. The zero-order valence-corrected chi connectivity index (χ0v) is 30.0. The Hall–Kier alpha value is -4.54. The van der Waals surface area contributed by atoms with E-state index in [0.29, 0.717) is 52.0 Å². The van der Waals surface area contributed by atoms with Crippen LogP contribution < -0.4 is 23.8 Å². The van der Waals surface area contributed by atoms with Crippen LogP contribution >= 0.6 is 34.7 Å². The molecule has 2 heterocycles. The van der Waals surface area contributed by atoms with Gasteiger partial charge >= 0.3 is 5.97 Å². The molecule has 0 saturated carbocycles. The number of ether oxygens (including phenoxy) is 4. The number of rotatable bonds is 15. The topological polar surface area (TPSA) is 142 Å². The first-order valence-electron chi connectivity index (χ1n) is 14.7. The number of carbonyl (C=O) groups is 1. The molecule has 0 aliphatic rings. The highest BCUT2D eigenvalue weighted by atomic mass is 35.5. The molecule has 0 bridgehead atoms. The Morgan fingerprint density at radius 1 is 0.960 bits per heavy atom. The van der Waals surface area contributed by atoms with Gasteiger partial charge in [-0.2, -0.15) is 4.37 Å². The highest BCUT2D eigenvalue weighted by Gasteiger charge is 2.32. The molecule has 262 valence electrons. The fourth-order valence-electron chi connectivity index (χ4n) is 4.76. The first kappa shape index (κ1) is 36.7. The highest BCUT2D eigenvalue weighted by molar-refractivity contribution is 7.93. The zero-order chi connectivity index (χ0) is 35.8. The quantitative estimate of drug-likeness (QED) is 0.0879. The summed E-state index contributed by atoms with van der Waals surface area (Å²) in [5.41, 5.74) is 2.36. The van der Waals surface area contributed by atoms with Crippen LogP contribution in [-0.2, 0) is 32.6 Å². The minimum absolute atomic E-state index is 0.0000823. The van der Waals surface area contributed by atoms with Crippen molar-refractivity contribution in [3.8, 4) is 34.1 Å². The van der Waals surface area contributed by atoms with Gasteiger partial charge in [0.1, 0.15) is 40.0 Å². The van der Waals surface area contributed by atoms with Crippen LogP contribution in [-0.4, -0.2) is 56.6 Å². The lowest BCUT2D eigenvalue weighted by Gasteiger charge is -2.23. The summed E-state index contributed by atoms with van der Waals surface area (Å²) >= 11 is 13.7. The average Bonchev–Trinajstić information content (AvgIpc) is 3.65. The van der Waals surface area contributed by atoms with Gasteiger partial charge in [-0.15, -0.1) is 0 Å². The van der Waals surface area contributed by atoms with Gasteiger partial charge in [-0.25, -0.2) is 22.1 Å². The lowest BCUT2D eigenvalue weighted by molar-refractivity contribution is -0.140. The van der Waals surface area contributed by atoms with Crippen LogP contribution in [0.3, 0.4) is 0 Å². The van der Waals surface area contributed by atoms with Crippen LogP contribution in [0.1, 0.15) is 17.7 Å². The number of hydrogen-bond acceptors (Lipinski definition) is 12. The molecule has 17 heteroatoms. The molecule has 0 spiro atoms. The first-order valence-corrected chi connectivity index (χ1v) is 17.7. The van der Waals surface area contributed by atoms with Gasteiger partial charge in [-0.3, -0.25) is 9.78 Å². The van der Waals surface area contributed by atoms with Crippen molar-refractivity contribution in [1.29, 1.82) is 0 Å². The Balaban J connectivity index is 1.44. The molecule has 0 aliphatic heterocycles. The second-order valence-corrected chi connectivity index (χ2v) is 13.8. The maximum absolute atomic E-state index is 15.9. The Morgan fingerprint density at radius 3 is 2.50 bits per heavy atom. The molecule has 0 fully saturated rings. The number of methoxy groups -OCH3 is 3. The third-order valence-corrected chi connectivity index (χ3v) is 10.3. The third-order valence-electron chi connectivity index (χ3n) is 7.25. The van der Waals surface area contributed by atoms with Gasteiger partial charge in [0.15, 0.2) is 0 Å². The molecule has 50 heavy (non-hydrogen) atoms. The number of benzene rings is 3. The van der Waals surface area contributed by atoms with Crippen LogP contribution in [0.5, 0.6) is 23.0 Å². The molecule has 1 N–H and O–H groups in total. The molecule has 3 aromatic carbocycles. The number of esters is 1. The van der Waals surface area contributed by atoms with Crippen molar-refractivity contribution in [2.75, 3.05) is 32.2 Å². The number of sulfonamides is 1. The van der Waals surface area contributed by atoms with Gasteiger partial charge in [0, 0.05) is 59.1 Å². The number of anilines is 1. The van der Waals surface area contributed by atoms with Gasteiger partial charge in [-0.05, 0) is 54.1 Å². The molecule has 0 aliphatic carbocycles. The number of hydrogen-bond donors (Lipinski definition) is 1. The van der Waals surface area contributed by atoms with Gasteiger partial charge < -0.3 is 24.3 Å². The Bertz CT molecular complexity index is 2090. The van der Waals surface area contributed by atoms with Crippen LogP contribution in [0.15, 0.2) is 78.1 Å². The fourth-order valence-corrected chi connectivity index (χ4v) is 7.40. The van der Waals surface area contributed by atoms with Crippen LogP contribution in [0.4, 0.5) is 9.52 Å². The van der Waals surface area contributed by atoms with E-state index in [-0.39, 0.29) is 40.6 Å². The lowest BCUT2D eigenvalue weighted by Crippen LogP contribution is -2.31. The van der Waals surface area contributed by atoms with Gasteiger partial charge in [0.05, 0.1) is 45.0 Å². The minimum atomic E-state index is -4.60. The van der Waals surface area contributed by atoms with E-state index >= 15 is 4.39 Å². The van der Waals surface area contributed by atoms with Gasteiger partial charge in [0.25, 0.3) is 10.0 Å². The summed E-state index contributed by atoms with van der Waals surface area (Å²) in [6, 6.07) is 15.2. The molecule has 12 nitrogen and oxygen atoms in total. The minimum Gasteiger partial charge on any atom is -0.497 e. The standard InChI is InChI=1S/C33H30Cl2FN5O7S2/c1-45-24-6-4-21(29(14-24)46-2)18-41(33-39-19-40-49-33)50(43,44)31-15-26(35)30(16-27(31)36)48-28-7-5-22(34)13-25(28)20-8-11-38-23(12-20)17-37-10-9-32(42)47-3/h4-8,11-16,19,37H,9-10,17-18H2,1-3H3. The second kappa shape index (κ2) is 16.4. The van der Waals surface area contributed by atoms with E-state index in [4.69, 9.17) is 37.4 Å². The molecule has 0 amide bonds. The van der Waals surface area contributed by atoms with Crippen molar-refractivity contribution >= 4 is 55.9 Å². The van der Waals surface area contributed by atoms with Crippen molar-refractivity contribution in [2.45, 2.75) is 24.4 Å². The first-order chi connectivity index (χ1) is 24.0. The Kier molecular flexibility index (Phi) is 12.1. The molecule has 0 radical (unpaired) electrons. The van der Waals surface area contributed by atoms with Crippen molar-refractivity contribution in [3.05, 3.63) is 100 Å². The molecule has 0 unspecified atom stereocenters. The van der Waals surface area contributed by atoms with E-state index in [2.05, 4.69) is 24.4 Å². The normalized spacial score (nSPS) is 11.2. The van der Waals surface area contributed by atoms with Crippen molar-refractivity contribution < 1.29 is 36.6 Å². The summed E-state index contributed by atoms with van der Waals surface area (Å²) in [5, 5.41) is 3.37. The van der Waals surface area contributed by atoms with E-state index in [1.54, 1.807) is 54.7 Å². The molecule has 5 rings (SSSR count). The van der Waals surface area contributed by atoms with E-state index in [1.165, 1.54) is 27.7 Å². The molecular formula is C33H30Cl2FN5O7S2. The fraction of sp³-hybridized carbons (Fsp3) is 0.212. The Morgan fingerprint density at radius 2 is 1.78 bits per heavy atom. The maximum atomic E-state index is 15.9. The zero-order valence-electron chi connectivity index (χ0n) is 26.9. The van der Waals surface area contributed by atoms with Crippen molar-refractivity contribution in [2.24, 2.45) is 0 Å². The van der Waals surface area contributed by atoms with Crippen molar-refractivity contribution in [1.82, 2.24) is 19.7 Å². The molecule has 5 aromatic rings. The predicted molar refractivity (Wildman–Crippen MR) is 187 cm³/mol. The summed E-state index contributed by atoms with van der Waals surface area (Å²) in [6.07, 6.45) is 3.01. The van der Waals surface area contributed by atoms with Crippen LogP contribution in [0.25, 0.3) is 11.1 Å². The summed E-state index contributed by atoms with van der Waals surface area (Å²) in [7, 11) is -0.342. The summed E-state index contributed by atoms with van der Waals surface area (Å²) < 4.78 is 70.3. The van der Waals surface area contributed by atoms with Crippen LogP contribution in [0, 0.1) is 5.82 Å². The molecule has 2 aromatic heterocycles. The number of pyridine rings is 1. The molecule has 0 saturated heterocycles. The van der Waals surface area contributed by atoms with E-state index < -0.39 is 20.7 Å². The maximum Gasteiger partial charge on any atom is 0.306 e. The van der Waals surface area contributed by atoms with Crippen molar-refractivity contribution in [3.63, 3.8) is 0 Å². The number of aromatic nitrogens is 3. The summed E-state index contributed by atoms with van der Waals surface area (Å²) in [6.45, 7) is 0.505. The molecular weight excluding hydrogens is 732 g/mol. The largest absolute Gasteiger partial charge is 0.497 e. The number of nitrogens with one attached hydrogen (secondary N) is 1. The molecule has 0 atom stereocenters. The van der Waals surface area contributed by atoms with Gasteiger partial charge in [-0.1, -0.05) is 23.2 Å². The predicted octanol–water partition coefficient (Wildman–Crippen LogP) is 6.90. The summed E-state index contributed by atoms with van der Waals surface area (Å²) in [4.78, 5) is 19.1. The van der Waals surface area contributed by atoms with Gasteiger partial charge in [0.2, 0.25) is 5.13 Å². The number of halogens is 3. The summed E-state index contributed by atoms with van der Waals surface area (Å²) in [5.74, 6) is -0.452. The van der Waals surface area contributed by atoms with E-state index in [1.807, 2.05) is 0 Å². The third kappa shape index (κ3) is 8.60. The smallest absolute Gasteiger partial charge is 0.306 e. The van der Waals surface area contributed by atoms with E-state index in [0.717, 1.165) is 28.0 Å². The highest BCUT2D eigenvalue weighted by Crippen LogP contribution is 2.40. The number of carbonyl (C=O) groups excluding carboxylic acids is 1. The van der Waals surface area contributed by atoms with E-state index in [9.17, 15) is 13.2 Å². The monoisotopic (exact) mass is 761 g/mol. The second-order valence-electron chi connectivity index (χ2n) is 10.4.